The molecular weight excluding hydrogens is 268 g/mol. The summed E-state index contributed by atoms with van der Waals surface area (Å²) in [6.07, 6.45) is 3.42. The molecule has 0 spiro atoms. The predicted octanol–water partition coefficient (Wildman–Crippen LogP) is 0.196. The number of carbonyl (C=O) groups is 1. The molecule has 0 aliphatic rings. The van der Waals surface area contributed by atoms with E-state index in [9.17, 15) is 13.2 Å². The van der Waals surface area contributed by atoms with E-state index in [0.29, 0.717) is 13.0 Å². The fourth-order valence-corrected chi connectivity index (χ4v) is 2.28. The molecule has 19 heavy (non-hydrogen) atoms. The Morgan fingerprint density at radius 2 is 1.89 bits per heavy atom. The zero-order valence-electron chi connectivity index (χ0n) is 12.3. The summed E-state index contributed by atoms with van der Waals surface area (Å²) in [6.45, 7) is 2.96. The first-order valence-corrected chi connectivity index (χ1v) is 8.45. The van der Waals surface area contributed by atoms with Gasteiger partial charge in [0.1, 0.15) is 15.4 Å². The van der Waals surface area contributed by atoms with E-state index >= 15 is 0 Å². The van der Waals surface area contributed by atoms with E-state index in [1.807, 2.05) is 11.9 Å². The first kappa shape index (κ1) is 18.3. The number of nitrogens with zero attached hydrogens (tertiary/aromatic N) is 1. The molecule has 0 aromatic carbocycles. The van der Waals surface area contributed by atoms with Crippen molar-refractivity contribution >= 4 is 15.8 Å². The Bertz CT molecular complexity index is 383. The lowest BCUT2D eigenvalue weighted by Gasteiger charge is -2.24. The van der Waals surface area contributed by atoms with E-state index in [0.717, 1.165) is 19.4 Å². The summed E-state index contributed by atoms with van der Waals surface area (Å²) >= 11 is 0. The van der Waals surface area contributed by atoms with Crippen LogP contribution in [0.1, 0.15) is 26.2 Å². The van der Waals surface area contributed by atoms with Crippen LogP contribution < -0.4 is 5.32 Å². The molecule has 0 radical (unpaired) electrons. The number of nitrogens with one attached hydrogen (secondary N) is 1. The molecule has 0 saturated heterocycles. The van der Waals surface area contributed by atoms with Gasteiger partial charge in [0, 0.05) is 12.8 Å². The minimum atomic E-state index is -2.92. The van der Waals surface area contributed by atoms with Crippen molar-refractivity contribution < 1.29 is 18.3 Å². The molecular formula is C12H26N2O4S. The molecule has 1 unspecified atom stereocenters. The van der Waals surface area contributed by atoms with Crippen LogP contribution in [0.5, 0.6) is 0 Å². The Hall–Kier alpha value is -0.660. The first-order valence-electron chi connectivity index (χ1n) is 6.39. The van der Waals surface area contributed by atoms with Crippen LogP contribution in [0.15, 0.2) is 0 Å². The number of unbranched alkanes of at least 4 members (excludes halogenated alkanes) is 1. The van der Waals surface area contributed by atoms with Crippen molar-refractivity contribution in [2.24, 2.45) is 0 Å². The third-order valence-electron chi connectivity index (χ3n) is 3.33. The highest BCUT2D eigenvalue weighted by Gasteiger charge is 2.30. The lowest BCUT2D eigenvalue weighted by molar-refractivity contribution is -0.144. The lowest BCUT2D eigenvalue weighted by Crippen LogP contribution is -2.47. The highest BCUT2D eigenvalue weighted by molar-refractivity contribution is 7.90. The molecule has 6 nitrogen and oxygen atoms in total. The van der Waals surface area contributed by atoms with Crippen LogP contribution >= 0.6 is 0 Å². The summed E-state index contributed by atoms with van der Waals surface area (Å²) in [5, 5.41) is 11.9. The fourth-order valence-electron chi connectivity index (χ4n) is 1.63. The average Bonchev–Trinajstić information content (AvgIpc) is 2.30. The zero-order valence-corrected chi connectivity index (χ0v) is 13.1. The maximum atomic E-state index is 11.1. The summed E-state index contributed by atoms with van der Waals surface area (Å²) in [4.78, 5) is 13.0. The van der Waals surface area contributed by atoms with Crippen molar-refractivity contribution in [3.05, 3.63) is 0 Å². The van der Waals surface area contributed by atoms with Gasteiger partial charge in [-0.25, -0.2) is 8.42 Å². The molecule has 0 aromatic heterocycles. The normalized spacial score (nSPS) is 15.4. The molecule has 0 aromatic rings. The van der Waals surface area contributed by atoms with Gasteiger partial charge in [-0.05, 0) is 46.8 Å². The number of hydrogen-bond acceptors (Lipinski definition) is 5. The number of likely N-dealkylation sites (N-methyl/N-ethyl adjacent to an activating group) is 1. The number of rotatable bonds is 10. The fraction of sp³-hybridized carbons (Fsp3) is 0.917. The Morgan fingerprint density at radius 3 is 2.32 bits per heavy atom. The molecule has 0 aliphatic heterocycles. The predicted molar refractivity (Wildman–Crippen MR) is 76.2 cm³/mol. The van der Waals surface area contributed by atoms with Crippen LogP contribution in [0, 0.1) is 0 Å². The number of sulfone groups is 1. The molecule has 0 bridgehead atoms. The minimum Gasteiger partial charge on any atom is -0.480 e. The Morgan fingerprint density at radius 1 is 1.32 bits per heavy atom. The van der Waals surface area contributed by atoms with Crippen molar-refractivity contribution in [3.8, 4) is 0 Å². The number of hydrogen-bond donors (Lipinski definition) is 2. The van der Waals surface area contributed by atoms with Gasteiger partial charge in [0.25, 0.3) is 0 Å². The van der Waals surface area contributed by atoms with Crippen molar-refractivity contribution in [2.75, 3.05) is 39.2 Å². The Kier molecular flexibility index (Phi) is 7.54. The Balaban J connectivity index is 3.89. The van der Waals surface area contributed by atoms with E-state index in [4.69, 9.17) is 5.11 Å². The van der Waals surface area contributed by atoms with E-state index in [1.54, 1.807) is 14.0 Å². The lowest BCUT2D eigenvalue weighted by atomic mass is 9.95. The van der Waals surface area contributed by atoms with Crippen molar-refractivity contribution in [3.63, 3.8) is 0 Å². The van der Waals surface area contributed by atoms with E-state index in [1.165, 1.54) is 6.26 Å². The molecule has 7 heteroatoms. The topological polar surface area (TPSA) is 86.7 Å². The quantitative estimate of drug-likeness (QED) is 0.560. The van der Waals surface area contributed by atoms with Crippen LogP contribution in [0.3, 0.4) is 0 Å². The number of carboxylic acids is 1. The van der Waals surface area contributed by atoms with Crippen LogP contribution in [0.4, 0.5) is 0 Å². The maximum absolute atomic E-state index is 11.1. The van der Waals surface area contributed by atoms with Gasteiger partial charge in [0.05, 0.1) is 5.75 Å². The summed E-state index contributed by atoms with van der Waals surface area (Å²) in [6, 6.07) is 0. The van der Waals surface area contributed by atoms with Gasteiger partial charge in [0.15, 0.2) is 0 Å². The first-order chi connectivity index (χ1) is 8.60. The smallest absolute Gasteiger partial charge is 0.323 e. The molecule has 2 N–H and O–H groups in total. The molecule has 0 saturated carbocycles. The van der Waals surface area contributed by atoms with Gasteiger partial charge in [-0.2, -0.15) is 0 Å². The molecule has 0 rings (SSSR count). The van der Waals surface area contributed by atoms with Crippen molar-refractivity contribution in [1.29, 1.82) is 0 Å². The monoisotopic (exact) mass is 294 g/mol. The van der Waals surface area contributed by atoms with E-state index < -0.39 is 21.3 Å². The third-order valence-corrected chi connectivity index (χ3v) is 4.26. The van der Waals surface area contributed by atoms with Gasteiger partial charge in [-0.1, -0.05) is 0 Å². The highest BCUT2D eigenvalue weighted by atomic mass is 32.2. The third kappa shape index (κ3) is 8.18. The average molecular weight is 294 g/mol. The molecule has 0 amide bonds. The Labute approximate surface area is 116 Å². The molecule has 114 valence electrons. The largest absolute Gasteiger partial charge is 0.480 e. The second-order valence-electron chi connectivity index (χ2n) is 5.28. The maximum Gasteiger partial charge on any atom is 0.323 e. The van der Waals surface area contributed by atoms with Gasteiger partial charge < -0.3 is 15.3 Å². The second-order valence-corrected chi connectivity index (χ2v) is 7.54. The standard InChI is InChI=1S/C12H26N2O4S/c1-12(13-2,11(15)16)7-5-6-8-14(3)9-10-19(4,17)18/h13H,5-10H2,1-4H3,(H,15,16). The highest BCUT2D eigenvalue weighted by Crippen LogP contribution is 2.13. The SMILES string of the molecule is CNC(C)(CCCCN(C)CCS(C)(=O)=O)C(=O)O. The summed E-state index contributed by atoms with van der Waals surface area (Å²) in [7, 11) is 0.602. The molecule has 1 atom stereocenters. The van der Waals surface area contributed by atoms with Gasteiger partial charge in [-0.15, -0.1) is 0 Å². The molecule has 0 heterocycles. The van der Waals surface area contributed by atoms with Crippen LogP contribution in [0.2, 0.25) is 0 Å². The van der Waals surface area contributed by atoms with Gasteiger partial charge in [0.2, 0.25) is 0 Å². The molecule has 0 aliphatic carbocycles. The van der Waals surface area contributed by atoms with Crippen molar-refractivity contribution in [2.45, 2.75) is 31.7 Å². The summed E-state index contributed by atoms with van der Waals surface area (Å²) in [5.74, 6) is -0.687. The second kappa shape index (κ2) is 7.81. The number of carboxylic acid groups (broad SMARTS) is 1. The van der Waals surface area contributed by atoms with Crippen LogP contribution in [-0.4, -0.2) is 69.1 Å². The van der Waals surface area contributed by atoms with Gasteiger partial charge in [-0.3, -0.25) is 4.79 Å². The molecule has 0 fully saturated rings. The summed E-state index contributed by atoms with van der Waals surface area (Å²) in [5.41, 5.74) is -0.884. The minimum absolute atomic E-state index is 0.160. The van der Waals surface area contributed by atoms with E-state index in [2.05, 4.69) is 5.32 Å². The van der Waals surface area contributed by atoms with Crippen LogP contribution in [-0.2, 0) is 14.6 Å². The number of aliphatic carboxylic acids is 1. The van der Waals surface area contributed by atoms with E-state index in [-0.39, 0.29) is 5.75 Å². The zero-order chi connectivity index (χ0) is 15.1. The van der Waals surface area contributed by atoms with Gasteiger partial charge >= 0.3 is 5.97 Å². The van der Waals surface area contributed by atoms with Crippen LogP contribution in [0.25, 0.3) is 0 Å². The summed E-state index contributed by atoms with van der Waals surface area (Å²) < 4.78 is 22.0. The van der Waals surface area contributed by atoms with Crippen molar-refractivity contribution in [1.82, 2.24) is 10.2 Å².